The third-order valence-electron chi connectivity index (χ3n) is 2.91. The van der Waals surface area contributed by atoms with Gasteiger partial charge in [-0.25, -0.2) is 4.79 Å². The number of rotatable bonds is 5. The lowest BCUT2D eigenvalue weighted by molar-refractivity contribution is -0.137. The molecule has 128 valence electrons. The minimum atomic E-state index is -4.48. The topological polar surface area (TPSA) is 61.4 Å². The number of amides is 3. The van der Waals surface area contributed by atoms with E-state index in [9.17, 15) is 22.8 Å². The van der Waals surface area contributed by atoms with E-state index in [0.29, 0.717) is 0 Å². The van der Waals surface area contributed by atoms with Gasteiger partial charge in [0.05, 0.1) is 5.56 Å². The second-order valence-electron chi connectivity index (χ2n) is 5.27. The summed E-state index contributed by atoms with van der Waals surface area (Å²) < 4.78 is 38.2. The second kappa shape index (κ2) is 7.85. The Morgan fingerprint density at radius 3 is 2.43 bits per heavy atom. The predicted octanol–water partition coefficient (Wildman–Crippen LogP) is 2.77. The Hall–Kier alpha value is -2.25. The van der Waals surface area contributed by atoms with E-state index in [2.05, 4.69) is 10.6 Å². The van der Waals surface area contributed by atoms with Crippen LogP contribution < -0.4 is 15.5 Å². The number of anilines is 1. The largest absolute Gasteiger partial charge is 0.416 e. The molecule has 0 unspecified atom stereocenters. The van der Waals surface area contributed by atoms with Crippen molar-refractivity contribution >= 4 is 17.6 Å². The van der Waals surface area contributed by atoms with Crippen LogP contribution in [0.1, 0.15) is 26.3 Å². The van der Waals surface area contributed by atoms with Crippen LogP contribution in [0.4, 0.5) is 23.7 Å². The van der Waals surface area contributed by atoms with Crippen molar-refractivity contribution in [1.82, 2.24) is 10.6 Å². The van der Waals surface area contributed by atoms with E-state index < -0.39 is 23.7 Å². The first kappa shape index (κ1) is 18.8. The highest BCUT2D eigenvalue weighted by Gasteiger charge is 2.31. The third-order valence-corrected chi connectivity index (χ3v) is 2.91. The van der Waals surface area contributed by atoms with Crippen LogP contribution in [0.5, 0.6) is 0 Å². The SMILES string of the molecule is CC(=O)N(CCNC(=O)NC(C)C)c1cccc(C(F)(F)F)c1. The van der Waals surface area contributed by atoms with Gasteiger partial charge in [-0.15, -0.1) is 0 Å². The van der Waals surface area contributed by atoms with Gasteiger partial charge in [-0.2, -0.15) is 13.2 Å². The highest BCUT2D eigenvalue weighted by Crippen LogP contribution is 2.31. The molecule has 0 aliphatic carbocycles. The Morgan fingerprint density at radius 1 is 1.26 bits per heavy atom. The van der Waals surface area contributed by atoms with Crippen molar-refractivity contribution in [2.75, 3.05) is 18.0 Å². The van der Waals surface area contributed by atoms with E-state index in [4.69, 9.17) is 0 Å². The van der Waals surface area contributed by atoms with E-state index >= 15 is 0 Å². The number of urea groups is 1. The number of nitrogens with zero attached hydrogens (tertiary/aromatic N) is 1. The van der Waals surface area contributed by atoms with Gasteiger partial charge in [-0.05, 0) is 32.0 Å². The van der Waals surface area contributed by atoms with Gasteiger partial charge < -0.3 is 15.5 Å². The normalized spacial score (nSPS) is 11.3. The Bertz CT molecular complexity index is 559. The summed E-state index contributed by atoms with van der Waals surface area (Å²) in [7, 11) is 0. The van der Waals surface area contributed by atoms with Crippen LogP contribution in [0.2, 0.25) is 0 Å². The number of alkyl halides is 3. The zero-order valence-electron chi connectivity index (χ0n) is 13.2. The van der Waals surface area contributed by atoms with E-state index in [1.807, 2.05) is 0 Å². The highest BCUT2D eigenvalue weighted by molar-refractivity contribution is 5.91. The van der Waals surface area contributed by atoms with Crippen LogP contribution in [0, 0.1) is 0 Å². The van der Waals surface area contributed by atoms with Gasteiger partial charge in [-0.1, -0.05) is 6.07 Å². The molecule has 23 heavy (non-hydrogen) atoms. The van der Waals surface area contributed by atoms with E-state index in [-0.39, 0.29) is 24.8 Å². The lowest BCUT2D eigenvalue weighted by Crippen LogP contribution is -2.43. The quantitative estimate of drug-likeness (QED) is 0.871. The van der Waals surface area contributed by atoms with E-state index in [1.165, 1.54) is 24.0 Å². The number of carbonyl (C=O) groups is 2. The van der Waals surface area contributed by atoms with Crippen LogP contribution >= 0.6 is 0 Å². The standard InChI is InChI=1S/C15H20F3N3O2/c1-10(2)20-14(23)19-7-8-21(11(3)22)13-6-4-5-12(9-13)15(16,17)18/h4-6,9-10H,7-8H2,1-3H3,(H2,19,20,23). The zero-order valence-corrected chi connectivity index (χ0v) is 13.2. The Labute approximate surface area is 132 Å². The molecule has 1 rings (SSSR count). The minimum absolute atomic E-state index is 0.0395. The molecule has 0 atom stereocenters. The van der Waals surface area contributed by atoms with E-state index in [0.717, 1.165) is 12.1 Å². The van der Waals surface area contributed by atoms with Gasteiger partial charge in [0.2, 0.25) is 5.91 Å². The maximum atomic E-state index is 12.7. The molecule has 0 spiro atoms. The average Bonchev–Trinajstić information content (AvgIpc) is 2.41. The van der Waals surface area contributed by atoms with Gasteiger partial charge in [0.15, 0.2) is 0 Å². The Kier molecular flexibility index (Phi) is 6.41. The molecule has 1 aromatic rings. The van der Waals surface area contributed by atoms with Crippen molar-refractivity contribution in [2.45, 2.75) is 33.0 Å². The van der Waals surface area contributed by atoms with Crippen LogP contribution in [0.25, 0.3) is 0 Å². The molecule has 0 bridgehead atoms. The number of hydrogen-bond acceptors (Lipinski definition) is 2. The number of nitrogens with one attached hydrogen (secondary N) is 2. The molecule has 0 aliphatic rings. The number of halogens is 3. The van der Waals surface area contributed by atoms with Crippen molar-refractivity contribution in [1.29, 1.82) is 0 Å². The van der Waals surface area contributed by atoms with E-state index in [1.54, 1.807) is 13.8 Å². The molecule has 2 N–H and O–H groups in total. The Balaban J connectivity index is 2.76. The van der Waals surface area contributed by atoms with Crippen LogP contribution in [-0.2, 0) is 11.0 Å². The summed E-state index contributed by atoms with van der Waals surface area (Å²) in [6.07, 6.45) is -4.48. The fourth-order valence-electron chi connectivity index (χ4n) is 1.91. The van der Waals surface area contributed by atoms with Crippen molar-refractivity contribution < 1.29 is 22.8 Å². The summed E-state index contributed by atoms with van der Waals surface area (Å²) in [5.74, 6) is -0.407. The summed E-state index contributed by atoms with van der Waals surface area (Å²) in [6.45, 7) is 5.04. The minimum Gasteiger partial charge on any atom is -0.336 e. The van der Waals surface area contributed by atoms with Gasteiger partial charge >= 0.3 is 12.2 Å². The summed E-state index contributed by atoms with van der Waals surface area (Å²) in [6, 6.07) is 4.08. The highest BCUT2D eigenvalue weighted by atomic mass is 19.4. The molecule has 0 fully saturated rings. The fourth-order valence-corrected chi connectivity index (χ4v) is 1.91. The molecular weight excluding hydrogens is 311 g/mol. The van der Waals surface area contributed by atoms with Crippen LogP contribution in [-0.4, -0.2) is 31.1 Å². The maximum absolute atomic E-state index is 12.7. The van der Waals surface area contributed by atoms with Gasteiger partial charge in [0.25, 0.3) is 0 Å². The summed E-state index contributed by atoms with van der Waals surface area (Å²) in [5.41, 5.74) is -0.690. The molecule has 0 saturated heterocycles. The van der Waals surface area contributed by atoms with Crippen molar-refractivity contribution in [3.05, 3.63) is 29.8 Å². The van der Waals surface area contributed by atoms with Gasteiger partial charge in [-0.3, -0.25) is 4.79 Å². The molecule has 3 amide bonds. The molecule has 0 aliphatic heterocycles. The fraction of sp³-hybridized carbons (Fsp3) is 0.467. The van der Waals surface area contributed by atoms with Crippen molar-refractivity contribution in [3.8, 4) is 0 Å². The maximum Gasteiger partial charge on any atom is 0.416 e. The molecule has 0 aromatic heterocycles. The third kappa shape index (κ3) is 6.17. The Morgan fingerprint density at radius 2 is 1.91 bits per heavy atom. The molecule has 0 radical (unpaired) electrons. The number of hydrogen-bond donors (Lipinski definition) is 2. The summed E-state index contributed by atoms with van der Waals surface area (Å²) in [4.78, 5) is 24.3. The summed E-state index contributed by atoms with van der Waals surface area (Å²) >= 11 is 0. The monoisotopic (exact) mass is 331 g/mol. The summed E-state index contributed by atoms with van der Waals surface area (Å²) in [5, 5.41) is 5.16. The lowest BCUT2D eigenvalue weighted by atomic mass is 10.2. The van der Waals surface area contributed by atoms with Crippen LogP contribution in [0.3, 0.4) is 0 Å². The molecule has 5 nitrogen and oxygen atoms in total. The van der Waals surface area contributed by atoms with Crippen LogP contribution in [0.15, 0.2) is 24.3 Å². The molecular formula is C15H20F3N3O2. The number of carbonyl (C=O) groups excluding carboxylic acids is 2. The predicted molar refractivity (Wildman–Crippen MR) is 81.1 cm³/mol. The molecule has 0 saturated carbocycles. The smallest absolute Gasteiger partial charge is 0.336 e. The molecule has 1 aromatic carbocycles. The molecule has 8 heteroatoms. The van der Waals surface area contributed by atoms with Gasteiger partial charge in [0, 0.05) is 31.7 Å². The van der Waals surface area contributed by atoms with Crippen molar-refractivity contribution in [3.63, 3.8) is 0 Å². The lowest BCUT2D eigenvalue weighted by Gasteiger charge is -2.22. The average molecular weight is 331 g/mol. The first-order chi connectivity index (χ1) is 10.6. The van der Waals surface area contributed by atoms with Gasteiger partial charge in [0.1, 0.15) is 0 Å². The number of benzene rings is 1. The first-order valence-electron chi connectivity index (χ1n) is 7.11. The van der Waals surface area contributed by atoms with Crippen molar-refractivity contribution in [2.24, 2.45) is 0 Å². The first-order valence-corrected chi connectivity index (χ1v) is 7.11. The zero-order chi connectivity index (χ0) is 17.6. The second-order valence-corrected chi connectivity index (χ2v) is 5.27. The molecule has 0 heterocycles.